The van der Waals surface area contributed by atoms with E-state index in [0.29, 0.717) is 22.1 Å². The zero-order valence-corrected chi connectivity index (χ0v) is 37.9. The normalized spacial score (nSPS) is 37.4. The number of aliphatic hydroxyl groups is 1. The third kappa shape index (κ3) is 9.76. The van der Waals surface area contributed by atoms with E-state index < -0.39 is 95.1 Å². The molecule has 0 aromatic carbocycles. The Kier molecular flexibility index (Phi) is 15.0. The molecule has 2 aromatic heterocycles. The van der Waals surface area contributed by atoms with E-state index >= 15 is 0 Å². The first-order valence-electron chi connectivity index (χ1n) is 20.8. The lowest BCUT2D eigenvalue weighted by Crippen LogP contribution is -2.59. The number of likely N-dealkylation sites (N-methyl/N-ethyl adjacent to an activating group) is 1. The summed E-state index contributed by atoms with van der Waals surface area (Å²) >= 11 is 1.16. The minimum atomic E-state index is -1.60. The molecule has 0 spiro atoms. The van der Waals surface area contributed by atoms with Crippen molar-refractivity contribution in [2.24, 2.45) is 46.4 Å². The monoisotopic (exact) mass is 874 g/mol. The Morgan fingerprint density at radius 1 is 1.08 bits per heavy atom. The number of carbonyl (C=O) groups is 4. The van der Waals surface area contributed by atoms with Gasteiger partial charge in [-0.05, 0) is 68.0 Å². The minimum absolute atomic E-state index is 0.0360. The van der Waals surface area contributed by atoms with Crippen LogP contribution >= 0.6 is 11.3 Å². The minimum Gasteiger partial charge on any atom is -0.458 e. The van der Waals surface area contributed by atoms with Crippen LogP contribution in [0.15, 0.2) is 28.3 Å². The SMILES string of the molecule is CC[C@@H]1OC(=O)[C@H](C)C(=O)[C@H](C)[C@@H](OC2O[C@H](C)C[C@H](N(C)C)[C@H]2O)[C@](C)(OC)C[C@@H](C)C(=O)[C@H](C)[C@H]2[C@H](/C(N)=N/O[C@@H](C)c3nnc(-c4cc(=O)cc[nH]4)s3)C(=O)O[C@@]21C. The first-order chi connectivity index (χ1) is 28.6. The standard InChI is InChI=1S/C42H62N6O12S/c1-13-28-42(9)30(29(39(54)59-42)35(43)47-60-24(7)36-45-46-37(61-36)26-17-25(49)14-15-44-26)21(4)31(50)19(2)18-41(8,55-12)34(22(5)32(51)23(6)38(53)57-28)58-40-33(52)27(48(10)11)16-20(3)56-40/h14-15,17,19-24,27-30,33-34,40,52H,13,16,18H2,1-12H3,(H2,43,47)(H,44,49)/t19-,20-,21-,22+,23-,24+,27+,28+,29-,30+,33-,34-,40?,41-,42-/m1/s1. The Morgan fingerprint density at radius 2 is 1.77 bits per heavy atom. The van der Waals surface area contributed by atoms with Crippen LogP contribution in [0.3, 0.4) is 0 Å². The highest BCUT2D eigenvalue weighted by atomic mass is 32.1. The number of pyridine rings is 1. The van der Waals surface area contributed by atoms with Gasteiger partial charge in [0.2, 0.25) is 0 Å². The number of carbonyl (C=O) groups excluding carboxylic acids is 4. The van der Waals surface area contributed by atoms with Gasteiger partial charge in [0, 0.05) is 55.2 Å². The summed E-state index contributed by atoms with van der Waals surface area (Å²) in [6.45, 7) is 15.1. The second-order valence-electron chi connectivity index (χ2n) is 17.4. The molecule has 0 amide bonds. The molecule has 18 nitrogen and oxygen atoms in total. The zero-order valence-electron chi connectivity index (χ0n) is 37.1. The molecule has 0 aliphatic carbocycles. The van der Waals surface area contributed by atoms with Crippen molar-refractivity contribution in [3.8, 4) is 10.7 Å². The third-order valence-corrected chi connectivity index (χ3v) is 13.9. The molecule has 0 saturated carbocycles. The quantitative estimate of drug-likeness (QED) is 0.102. The lowest BCUT2D eigenvalue weighted by atomic mass is 9.67. The highest BCUT2D eigenvalue weighted by Gasteiger charge is 2.63. The summed E-state index contributed by atoms with van der Waals surface area (Å²) in [5, 5.41) is 24.8. The Hall–Kier alpha value is -4.14. The zero-order chi connectivity index (χ0) is 45.3. The number of amidine groups is 1. The van der Waals surface area contributed by atoms with Gasteiger partial charge in [0.1, 0.15) is 29.8 Å². The molecule has 1 unspecified atom stereocenters. The van der Waals surface area contributed by atoms with Crippen LogP contribution in [-0.4, -0.2) is 124 Å². The summed E-state index contributed by atoms with van der Waals surface area (Å²) in [5.74, 6) is -9.11. The predicted octanol–water partition coefficient (Wildman–Crippen LogP) is 3.42. The van der Waals surface area contributed by atoms with Crippen LogP contribution in [0.1, 0.15) is 92.7 Å². The van der Waals surface area contributed by atoms with Gasteiger partial charge < -0.3 is 49.2 Å². The van der Waals surface area contributed by atoms with Crippen molar-refractivity contribution in [2.75, 3.05) is 21.2 Å². The number of H-pyrrole nitrogens is 1. The lowest BCUT2D eigenvalue weighted by molar-refractivity contribution is -0.295. The number of nitrogens with zero attached hydrogens (tertiary/aromatic N) is 4. The molecular formula is C42H62N6O12S. The Bertz CT molecular complexity index is 2010. The number of aromatic nitrogens is 3. The van der Waals surface area contributed by atoms with E-state index in [1.54, 1.807) is 48.5 Å². The molecule has 0 radical (unpaired) electrons. The van der Waals surface area contributed by atoms with Gasteiger partial charge in [-0.25, -0.2) is 0 Å². The molecule has 3 saturated heterocycles. The molecule has 4 N–H and O–H groups in total. The maximum absolute atomic E-state index is 14.8. The van der Waals surface area contributed by atoms with Crippen LogP contribution in [0.25, 0.3) is 10.7 Å². The number of methoxy groups -OCH3 is 1. The Morgan fingerprint density at radius 3 is 2.39 bits per heavy atom. The summed E-state index contributed by atoms with van der Waals surface area (Å²) in [6.07, 6.45) is -3.35. The van der Waals surface area contributed by atoms with E-state index in [1.807, 2.05) is 25.9 Å². The van der Waals surface area contributed by atoms with E-state index in [9.17, 15) is 29.1 Å². The van der Waals surface area contributed by atoms with Crippen LogP contribution in [-0.2, 0) is 47.7 Å². The molecule has 5 rings (SSSR count). The average Bonchev–Trinajstić information content (AvgIpc) is 3.82. The number of cyclic esters (lactones) is 1. The number of fused-ring (bicyclic) bond motifs is 1. The van der Waals surface area contributed by atoms with Gasteiger partial charge in [-0.1, -0.05) is 44.2 Å². The van der Waals surface area contributed by atoms with Crippen molar-refractivity contribution in [1.29, 1.82) is 0 Å². The number of hydrogen-bond donors (Lipinski definition) is 3. The number of aliphatic hydroxyl groups excluding tert-OH is 1. The summed E-state index contributed by atoms with van der Waals surface area (Å²) in [4.78, 5) is 79.6. The number of aromatic amines is 1. The highest BCUT2D eigenvalue weighted by molar-refractivity contribution is 7.14. The molecule has 0 bridgehead atoms. The van der Waals surface area contributed by atoms with Crippen molar-refractivity contribution in [3.05, 3.63) is 33.6 Å². The summed E-state index contributed by atoms with van der Waals surface area (Å²) in [5.41, 5.74) is 3.90. The number of ether oxygens (including phenoxy) is 5. The number of hydrogen-bond acceptors (Lipinski definition) is 17. The lowest BCUT2D eigenvalue weighted by Gasteiger charge is -2.47. The van der Waals surface area contributed by atoms with Gasteiger partial charge in [-0.3, -0.25) is 24.0 Å². The van der Waals surface area contributed by atoms with Crippen molar-refractivity contribution < 1.29 is 52.8 Å². The smallest absolute Gasteiger partial charge is 0.317 e. The largest absolute Gasteiger partial charge is 0.458 e. The average molecular weight is 875 g/mol. The van der Waals surface area contributed by atoms with Crippen LogP contribution in [0.2, 0.25) is 0 Å². The second kappa shape index (κ2) is 19.1. The van der Waals surface area contributed by atoms with Crippen molar-refractivity contribution in [3.63, 3.8) is 0 Å². The molecule has 3 fully saturated rings. The fourth-order valence-electron chi connectivity index (χ4n) is 9.26. The molecule has 15 atom stereocenters. The number of oxime groups is 1. The van der Waals surface area contributed by atoms with Crippen molar-refractivity contribution in [2.45, 2.75) is 136 Å². The number of esters is 2. The van der Waals surface area contributed by atoms with E-state index in [0.717, 1.165) is 11.3 Å². The molecular weight excluding hydrogens is 813 g/mol. The molecule has 19 heteroatoms. The van der Waals surface area contributed by atoms with Crippen molar-refractivity contribution >= 4 is 40.7 Å². The molecule has 2 aromatic rings. The second-order valence-corrected chi connectivity index (χ2v) is 18.5. The number of rotatable bonds is 10. The van der Waals surface area contributed by atoms with Gasteiger partial charge in [0.05, 0.1) is 23.5 Å². The van der Waals surface area contributed by atoms with E-state index in [1.165, 1.54) is 32.4 Å². The highest BCUT2D eigenvalue weighted by Crippen LogP contribution is 2.48. The van der Waals surface area contributed by atoms with Crippen molar-refractivity contribution in [1.82, 2.24) is 20.1 Å². The maximum atomic E-state index is 14.8. The van der Waals surface area contributed by atoms with E-state index in [2.05, 4.69) is 20.3 Å². The number of nitrogens with one attached hydrogen (secondary N) is 1. The summed E-state index contributed by atoms with van der Waals surface area (Å²) in [7, 11) is 5.14. The molecule has 61 heavy (non-hydrogen) atoms. The Labute approximate surface area is 360 Å². The fraction of sp³-hybridized carbons (Fsp3) is 0.714. The summed E-state index contributed by atoms with van der Waals surface area (Å²) < 4.78 is 31.0. The third-order valence-electron chi connectivity index (χ3n) is 12.8. The van der Waals surface area contributed by atoms with Gasteiger partial charge in [-0.2, -0.15) is 0 Å². The fourth-order valence-corrected chi connectivity index (χ4v) is 10.1. The van der Waals surface area contributed by atoms with Gasteiger partial charge in [0.25, 0.3) is 0 Å². The van der Waals surface area contributed by atoms with Crippen LogP contribution in [0.5, 0.6) is 0 Å². The Balaban J connectivity index is 1.51. The first-order valence-corrected chi connectivity index (χ1v) is 21.6. The predicted molar refractivity (Wildman–Crippen MR) is 223 cm³/mol. The van der Waals surface area contributed by atoms with Gasteiger partial charge in [-0.15, -0.1) is 10.2 Å². The molecule has 338 valence electrons. The van der Waals surface area contributed by atoms with E-state index in [4.69, 9.17) is 34.3 Å². The molecule has 3 aliphatic heterocycles. The van der Waals surface area contributed by atoms with Crippen LogP contribution in [0.4, 0.5) is 0 Å². The summed E-state index contributed by atoms with van der Waals surface area (Å²) in [6, 6.07) is 2.46. The number of nitrogens with two attached hydrogens (primary N) is 1. The van der Waals surface area contributed by atoms with E-state index in [-0.39, 0.29) is 42.0 Å². The molecule has 5 heterocycles. The maximum Gasteiger partial charge on any atom is 0.317 e. The van der Waals surface area contributed by atoms with Gasteiger partial charge >= 0.3 is 11.9 Å². The van der Waals surface area contributed by atoms with Crippen LogP contribution in [0, 0.1) is 35.5 Å². The van der Waals surface area contributed by atoms with Crippen LogP contribution < -0.4 is 11.2 Å². The number of Topliss-reactive ketones (excluding diaryl/α,β-unsaturated/α-hetero) is 2. The molecule has 3 aliphatic rings. The number of ketones is 2. The first kappa shape index (κ1) is 47.9. The topological polar surface area (TPSA) is 244 Å². The van der Waals surface area contributed by atoms with Gasteiger partial charge in [0.15, 0.2) is 45.1 Å².